The van der Waals surface area contributed by atoms with E-state index in [1.165, 1.54) is 0 Å². The SMILES string of the molecule is Cc1cc(NC(=O)c2ccc(Cl)cc2C)c(C)cc1O. The molecule has 2 N–H and O–H groups in total. The Balaban J connectivity index is 2.30. The van der Waals surface area contributed by atoms with Gasteiger partial charge in [-0.15, -0.1) is 0 Å². The van der Waals surface area contributed by atoms with Gasteiger partial charge in [-0.3, -0.25) is 4.79 Å². The smallest absolute Gasteiger partial charge is 0.255 e. The van der Waals surface area contributed by atoms with Gasteiger partial charge in [0.15, 0.2) is 0 Å². The number of halogens is 1. The third kappa shape index (κ3) is 2.94. The maximum Gasteiger partial charge on any atom is 0.255 e. The van der Waals surface area contributed by atoms with Crippen molar-refractivity contribution in [1.82, 2.24) is 0 Å². The van der Waals surface area contributed by atoms with E-state index in [4.69, 9.17) is 11.6 Å². The highest BCUT2D eigenvalue weighted by molar-refractivity contribution is 6.30. The standard InChI is InChI=1S/C16H16ClNO2/c1-9-6-12(17)4-5-13(9)16(20)18-14-7-11(3)15(19)8-10(14)2/h4-8,19H,1-3H3,(H,18,20). The number of anilines is 1. The van der Waals surface area contributed by atoms with Crippen molar-refractivity contribution in [3.63, 3.8) is 0 Å². The van der Waals surface area contributed by atoms with Crippen LogP contribution in [0.25, 0.3) is 0 Å². The molecule has 0 atom stereocenters. The van der Waals surface area contributed by atoms with Crippen LogP contribution in [-0.2, 0) is 0 Å². The van der Waals surface area contributed by atoms with Crippen molar-refractivity contribution in [2.24, 2.45) is 0 Å². The first-order chi connectivity index (χ1) is 9.38. The Morgan fingerprint density at radius 2 is 1.75 bits per heavy atom. The van der Waals surface area contributed by atoms with Crippen LogP contribution < -0.4 is 5.32 Å². The molecular weight excluding hydrogens is 274 g/mol. The van der Waals surface area contributed by atoms with Crippen LogP contribution in [0.2, 0.25) is 5.02 Å². The number of rotatable bonds is 2. The van der Waals surface area contributed by atoms with Crippen LogP contribution in [-0.4, -0.2) is 11.0 Å². The van der Waals surface area contributed by atoms with Crippen LogP contribution in [0.5, 0.6) is 5.75 Å². The lowest BCUT2D eigenvalue weighted by Gasteiger charge is -2.12. The van der Waals surface area contributed by atoms with E-state index >= 15 is 0 Å². The minimum atomic E-state index is -0.188. The fourth-order valence-electron chi connectivity index (χ4n) is 2.01. The third-order valence-electron chi connectivity index (χ3n) is 3.22. The summed E-state index contributed by atoms with van der Waals surface area (Å²) in [7, 11) is 0. The number of aryl methyl sites for hydroxylation is 3. The highest BCUT2D eigenvalue weighted by Crippen LogP contribution is 2.26. The summed E-state index contributed by atoms with van der Waals surface area (Å²) in [5, 5.41) is 13.1. The van der Waals surface area contributed by atoms with Crippen LogP contribution in [0.15, 0.2) is 30.3 Å². The Morgan fingerprint density at radius 3 is 2.40 bits per heavy atom. The first-order valence-electron chi connectivity index (χ1n) is 6.26. The van der Waals surface area contributed by atoms with Gasteiger partial charge in [-0.25, -0.2) is 0 Å². The lowest BCUT2D eigenvalue weighted by Crippen LogP contribution is -2.14. The van der Waals surface area contributed by atoms with Crippen LogP contribution in [0.3, 0.4) is 0 Å². The van der Waals surface area contributed by atoms with E-state index in [9.17, 15) is 9.90 Å². The second-order valence-electron chi connectivity index (χ2n) is 4.87. The minimum Gasteiger partial charge on any atom is -0.508 e. The molecule has 0 fully saturated rings. The summed E-state index contributed by atoms with van der Waals surface area (Å²) in [4.78, 5) is 12.3. The monoisotopic (exact) mass is 289 g/mol. The van der Waals surface area contributed by atoms with Crippen molar-refractivity contribution >= 4 is 23.2 Å². The largest absolute Gasteiger partial charge is 0.508 e. The second kappa shape index (κ2) is 5.55. The Labute approximate surface area is 123 Å². The molecule has 0 saturated carbocycles. The van der Waals surface area contributed by atoms with E-state index in [1.807, 2.05) is 13.8 Å². The molecule has 3 nitrogen and oxygen atoms in total. The van der Waals surface area contributed by atoms with Gasteiger partial charge in [-0.1, -0.05) is 11.6 Å². The third-order valence-corrected chi connectivity index (χ3v) is 3.46. The highest BCUT2D eigenvalue weighted by atomic mass is 35.5. The summed E-state index contributed by atoms with van der Waals surface area (Å²) < 4.78 is 0. The van der Waals surface area contributed by atoms with Crippen molar-refractivity contribution in [3.8, 4) is 5.75 Å². The van der Waals surface area contributed by atoms with Gasteiger partial charge in [-0.2, -0.15) is 0 Å². The average molecular weight is 290 g/mol. The predicted molar refractivity (Wildman–Crippen MR) is 81.7 cm³/mol. The molecule has 0 aromatic heterocycles. The second-order valence-corrected chi connectivity index (χ2v) is 5.30. The molecule has 0 saturated heterocycles. The molecule has 0 radical (unpaired) electrons. The predicted octanol–water partition coefficient (Wildman–Crippen LogP) is 4.22. The zero-order valence-electron chi connectivity index (χ0n) is 11.6. The highest BCUT2D eigenvalue weighted by Gasteiger charge is 2.12. The van der Waals surface area contributed by atoms with Gasteiger partial charge in [0.2, 0.25) is 0 Å². The van der Waals surface area contributed by atoms with Crippen molar-refractivity contribution < 1.29 is 9.90 Å². The van der Waals surface area contributed by atoms with Crippen LogP contribution in [0.4, 0.5) is 5.69 Å². The summed E-state index contributed by atoms with van der Waals surface area (Å²) >= 11 is 5.89. The molecule has 104 valence electrons. The quantitative estimate of drug-likeness (QED) is 0.813. The zero-order valence-corrected chi connectivity index (χ0v) is 12.4. The summed E-state index contributed by atoms with van der Waals surface area (Å²) in [6, 6.07) is 8.55. The van der Waals surface area contributed by atoms with E-state index in [0.29, 0.717) is 16.3 Å². The number of carbonyl (C=O) groups is 1. The fraction of sp³-hybridized carbons (Fsp3) is 0.188. The average Bonchev–Trinajstić information content (AvgIpc) is 2.35. The Morgan fingerprint density at radius 1 is 1.05 bits per heavy atom. The van der Waals surface area contributed by atoms with E-state index in [1.54, 1.807) is 37.3 Å². The van der Waals surface area contributed by atoms with Crippen LogP contribution in [0.1, 0.15) is 27.0 Å². The number of aromatic hydroxyl groups is 1. The van der Waals surface area contributed by atoms with Gasteiger partial charge in [0.1, 0.15) is 5.75 Å². The fourth-order valence-corrected chi connectivity index (χ4v) is 2.23. The minimum absolute atomic E-state index is 0.188. The number of phenolic OH excluding ortho intramolecular Hbond substituents is 1. The molecule has 2 rings (SSSR count). The number of benzene rings is 2. The number of phenols is 1. The van der Waals surface area contributed by atoms with Crippen LogP contribution in [0, 0.1) is 20.8 Å². The molecule has 2 aromatic rings. The topological polar surface area (TPSA) is 49.3 Å². The van der Waals surface area contributed by atoms with Crippen molar-refractivity contribution in [3.05, 3.63) is 57.6 Å². The molecule has 0 aliphatic carbocycles. The molecule has 2 aromatic carbocycles. The first kappa shape index (κ1) is 14.4. The number of carbonyl (C=O) groups excluding carboxylic acids is 1. The van der Waals surface area contributed by atoms with E-state index < -0.39 is 0 Å². The van der Waals surface area contributed by atoms with Gasteiger partial charge in [0.05, 0.1) is 0 Å². The van der Waals surface area contributed by atoms with E-state index in [-0.39, 0.29) is 11.7 Å². The molecule has 0 spiro atoms. The molecule has 0 aliphatic rings. The molecule has 1 amide bonds. The molecule has 4 heteroatoms. The molecule has 20 heavy (non-hydrogen) atoms. The Hall–Kier alpha value is -2.00. The maximum absolute atomic E-state index is 12.3. The molecule has 0 bridgehead atoms. The number of hydrogen-bond acceptors (Lipinski definition) is 2. The molecular formula is C16H16ClNO2. The van der Waals surface area contributed by atoms with Crippen molar-refractivity contribution in [1.29, 1.82) is 0 Å². The summed E-state index contributed by atoms with van der Waals surface area (Å²) in [6.07, 6.45) is 0. The maximum atomic E-state index is 12.3. The Kier molecular flexibility index (Phi) is 4.00. The first-order valence-corrected chi connectivity index (χ1v) is 6.64. The summed E-state index contributed by atoms with van der Waals surface area (Å²) in [5.41, 5.74) is 3.63. The van der Waals surface area contributed by atoms with Crippen molar-refractivity contribution in [2.75, 3.05) is 5.32 Å². The van der Waals surface area contributed by atoms with Gasteiger partial charge >= 0.3 is 0 Å². The molecule has 0 heterocycles. The lowest BCUT2D eigenvalue weighted by atomic mass is 10.1. The van der Waals surface area contributed by atoms with Gasteiger partial charge in [0, 0.05) is 16.3 Å². The van der Waals surface area contributed by atoms with Crippen molar-refractivity contribution in [2.45, 2.75) is 20.8 Å². The number of hydrogen-bond donors (Lipinski definition) is 2. The number of nitrogens with one attached hydrogen (secondary N) is 1. The molecule has 0 unspecified atom stereocenters. The van der Waals surface area contributed by atoms with Gasteiger partial charge in [-0.05, 0) is 67.8 Å². The summed E-state index contributed by atoms with van der Waals surface area (Å²) in [6.45, 7) is 5.47. The summed E-state index contributed by atoms with van der Waals surface area (Å²) in [5.74, 6) is 0.0375. The molecule has 0 aliphatic heterocycles. The van der Waals surface area contributed by atoms with Crippen LogP contribution >= 0.6 is 11.6 Å². The zero-order chi connectivity index (χ0) is 14.9. The number of amides is 1. The van der Waals surface area contributed by atoms with E-state index in [0.717, 1.165) is 16.7 Å². The lowest BCUT2D eigenvalue weighted by molar-refractivity contribution is 0.102. The normalized spacial score (nSPS) is 10.4. The van der Waals surface area contributed by atoms with Gasteiger partial charge in [0.25, 0.3) is 5.91 Å². The van der Waals surface area contributed by atoms with Gasteiger partial charge < -0.3 is 10.4 Å². The Bertz CT molecular complexity index is 680. The van der Waals surface area contributed by atoms with E-state index in [2.05, 4.69) is 5.32 Å².